The van der Waals surface area contributed by atoms with Gasteiger partial charge in [0.1, 0.15) is 0 Å². The Labute approximate surface area is 127 Å². The molecule has 0 saturated heterocycles. The van der Waals surface area contributed by atoms with Crippen molar-refractivity contribution in [1.29, 1.82) is 0 Å². The van der Waals surface area contributed by atoms with Gasteiger partial charge >= 0.3 is 0 Å². The molecule has 0 spiro atoms. The van der Waals surface area contributed by atoms with Gasteiger partial charge < -0.3 is 14.9 Å². The number of aromatic nitrogens is 1. The van der Waals surface area contributed by atoms with Crippen LogP contribution in [-0.2, 0) is 0 Å². The van der Waals surface area contributed by atoms with E-state index in [9.17, 15) is 9.90 Å². The minimum atomic E-state index is -0.307. The Morgan fingerprint density at radius 2 is 2.33 bits per heavy atom. The molecule has 1 aliphatic carbocycles. The van der Waals surface area contributed by atoms with E-state index in [1.54, 1.807) is 6.07 Å². The van der Waals surface area contributed by atoms with Crippen molar-refractivity contribution < 1.29 is 14.4 Å². The maximum absolute atomic E-state index is 12.1. The van der Waals surface area contributed by atoms with Crippen LogP contribution in [0.15, 0.2) is 28.1 Å². The highest BCUT2D eigenvalue weighted by atomic mass is 32.1. The number of aliphatic hydroxyl groups is 1. The number of hydrogen-bond acceptors (Lipinski definition) is 5. The van der Waals surface area contributed by atoms with Gasteiger partial charge in [0.25, 0.3) is 5.91 Å². The summed E-state index contributed by atoms with van der Waals surface area (Å²) in [5.41, 5.74) is 0.281. The number of rotatable bonds is 4. The average Bonchev–Trinajstić information content (AvgIpc) is 3.16. The number of carbonyl (C=O) groups is 1. The number of nitrogens with zero attached hydrogens (tertiary/aromatic N) is 1. The second-order valence-electron chi connectivity index (χ2n) is 5.38. The second kappa shape index (κ2) is 6.41. The van der Waals surface area contributed by atoms with Crippen LogP contribution in [-0.4, -0.2) is 28.8 Å². The Bertz CT molecular complexity index is 594. The van der Waals surface area contributed by atoms with Crippen molar-refractivity contribution in [2.24, 2.45) is 5.92 Å². The zero-order valence-electron chi connectivity index (χ0n) is 11.6. The van der Waals surface area contributed by atoms with Gasteiger partial charge in [0, 0.05) is 18.5 Å². The van der Waals surface area contributed by atoms with Gasteiger partial charge in [-0.3, -0.25) is 4.79 Å². The van der Waals surface area contributed by atoms with Crippen molar-refractivity contribution >= 4 is 17.2 Å². The summed E-state index contributed by atoms with van der Waals surface area (Å²) < 4.78 is 5.19. The van der Waals surface area contributed by atoms with Gasteiger partial charge in [0.05, 0.1) is 11.0 Å². The quantitative estimate of drug-likeness (QED) is 0.910. The normalized spacial score (nSPS) is 22.1. The molecule has 1 fully saturated rings. The fourth-order valence-electron chi connectivity index (χ4n) is 2.66. The number of carbonyl (C=O) groups excluding carboxylic acids is 1. The molecule has 0 radical (unpaired) electrons. The lowest BCUT2D eigenvalue weighted by Gasteiger charge is -2.27. The SMILES string of the molecule is O=C(NC[C@@H]1CCCC[C@H]1O)c1cc(-c2cccs2)on1. The zero-order chi connectivity index (χ0) is 14.7. The monoisotopic (exact) mass is 306 g/mol. The van der Waals surface area contributed by atoms with Crippen molar-refractivity contribution in [3.8, 4) is 10.6 Å². The fourth-order valence-corrected chi connectivity index (χ4v) is 3.33. The third-order valence-corrected chi connectivity index (χ3v) is 4.79. The first-order valence-electron chi connectivity index (χ1n) is 7.21. The lowest BCUT2D eigenvalue weighted by molar-refractivity contribution is 0.0661. The summed E-state index contributed by atoms with van der Waals surface area (Å²) in [6.07, 6.45) is 3.66. The van der Waals surface area contributed by atoms with Crippen molar-refractivity contribution in [3.63, 3.8) is 0 Å². The first-order chi connectivity index (χ1) is 10.2. The van der Waals surface area contributed by atoms with Crippen LogP contribution < -0.4 is 5.32 Å². The highest BCUT2D eigenvalue weighted by Gasteiger charge is 2.24. The molecule has 0 unspecified atom stereocenters. The van der Waals surface area contributed by atoms with Crippen LogP contribution in [0.3, 0.4) is 0 Å². The van der Waals surface area contributed by atoms with Crippen LogP contribution in [0.2, 0.25) is 0 Å². The van der Waals surface area contributed by atoms with E-state index in [1.165, 1.54) is 11.3 Å². The standard InChI is InChI=1S/C15H18N2O3S/c18-12-5-2-1-4-10(12)9-16-15(19)11-8-13(20-17-11)14-6-3-7-21-14/h3,6-8,10,12,18H,1-2,4-5,9H2,(H,16,19)/t10-,12+/m0/s1. The van der Waals surface area contributed by atoms with E-state index in [0.29, 0.717) is 12.3 Å². The zero-order valence-corrected chi connectivity index (χ0v) is 12.4. The van der Waals surface area contributed by atoms with Crippen molar-refractivity contribution in [3.05, 3.63) is 29.3 Å². The van der Waals surface area contributed by atoms with Gasteiger partial charge in [-0.2, -0.15) is 0 Å². The third-order valence-electron chi connectivity index (χ3n) is 3.90. The van der Waals surface area contributed by atoms with Gasteiger partial charge in [-0.15, -0.1) is 11.3 Å². The van der Waals surface area contributed by atoms with E-state index in [0.717, 1.165) is 30.6 Å². The topological polar surface area (TPSA) is 75.4 Å². The number of amides is 1. The molecule has 1 saturated carbocycles. The highest BCUT2D eigenvalue weighted by Crippen LogP contribution is 2.26. The van der Waals surface area contributed by atoms with Crippen molar-refractivity contribution in [1.82, 2.24) is 10.5 Å². The van der Waals surface area contributed by atoms with Crippen LogP contribution >= 0.6 is 11.3 Å². The summed E-state index contributed by atoms with van der Waals surface area (Å²) in [6, 6.07) is 5.50. The summed E-state index contributed by atoms with van der Waals surface area (Å²) in [7, 11) is 0. The molecular formula is C15H18N2O3S. The van der Waals surface area contributed by atoms with Gasteiger partial charge in [-0.1, -0.05) is 24.1 Å². The van der Waals surface area contributed by atoms with Crippen molar-refractivity contribution in [2.45, 2.75) is 31.8 Å². The lowest BCUT2D eigenvalue weighted by atomic mass is 9.86. The maximum atomic E-state index is 12.1. The molecule has 5 nitrogen and oxygen atoms in total. The molecule has 0 aliphatic heterocycles. The van der Waals surface area contributed by atoms with E-state index >= 15 is 0 Å². The molecule has 2 N–H and O–H groups in total. The average molecular weight is 306 g/mol. The largest absolute Gasteiger partial charge is 0.393 e. The van der Waals surface area contributed by atoms with Crippen molar-refractivity contribution in [2.75, 3.05) is 6.54 Å². The molecule has 2 atom stereocenters. The van der Waals surface area contributed by atoms with Gasteiger partial charge in [-0.05, 0) is 24.3 Å². The molecule has 0 bridgehead atoms. The summed E-state index contributed by atoms with van der Waals surface area (Å²) in [5, 5.41) is 18.5. The maximum Gasteiger partial charge on any atom is 0.273 e. The molecule has 2 heterocycles. The summed E-state index contributed by atoms with van der Waals surface area (Å²) in [4.78, 5) is 13.0. The number of nitrogens with one attached hydrogen (secondary N) is 1. The highest BCUT2D eigenvalue weighted by molar-refractivity contribution is 7.13. The first-order valence-corrected chi connectivity index (χ1v) is 8.09. The van der Waals surface area contributed by atoms with Crippen LogP contribution in [0, 0.1) is 5.92 Å². The molecule has 6 heteroatoms. The lowest BCUT2D eigenvalue weighted by Crippen LogP contribution is -2.36. The molecule has 2 aromatic heterocycles. The second-order valence-corrected chi connectivity index (χ2v) is 6.32. The number of hydrogen-bond donors (Lipinski definition) is 2. The van der Waals surface area contributed by atoms with E-state index in [4.69, 9.17) is 4.52 Å². The van der Waals surface area contributed by atoms with Gasteiger partial charge in [0.15, 0.2) is 11.5 Å². The minimum absolute atomic E-state index is 0.145. The Morgan fingerprint density at radius 3 is 3.10 bits per heavy atom. The molecule has 3 rings (SSSR count). The summed E-state index contributed by atoms with van der Waals surface area (Å²) >= 11 is 1.54. The van der Waals surface area contributed by atoms with Gasteiger partial charge in [0.2, 0.25) is 0 Å². The predicted molar refractivity (Wildman–Crippen MR) is 80.1 cm³/mol. The predicted octanol–water partition coefficient (Wildman–Crippen LogP) is 2.68. The van der Waals surface area contributed by atoms with E-state index in [1.807, 2.05) is 17.5 Å². The molecule has 0 aromatic carbocycles. The fraction of sp³-hybridized carbons (Fsp3) is 0.467. The molecule has 112 valence electrons. The molecule has 21 heavy (non-hydrogen) atoms. The Balaban J connectivity index is 1.58. The van der Waals surface area contributed by atoms with Crippen LogP contribution in [0.4, 0.5) is 0 Å². The smallest absolute Gasteiger partial charge is 0.273 e. The van der Waals surface area contributed by atoms with Gasteiger partial charge in [-0.25, -0.2) is 0 Å². The third kappa shape index (κ3) is 3.33. The summed E-state index contributed by atoms with van der Waals surface area (Å²) in [5.74, 6) is 0.499. The van der Waals surface area contributed by atoms with E-state index in [-0.39, 0.29) is 23.6 Å². The molecular weight excluding hydrogens is 288 g/mol. The Morgan fingerprint density at radius 1 is 1.48 bits per heavy atom. The number of aliphatic hydroxyl groups excluding tert-OH is 1. The summed E-state index contributed by atoms with van der Waals surface area (Å²) in [6.45, 7) is 0.487. The molecule has 2 aromatic rings. The Kier molecular flexibility index (Phi) is 4.36. The number of thiophene rings is 1. The van der Waals surface area contributed by atoms with Crippen LogP contribution in [0.5, 0.6) is 0 Å². The van der Waals surface area contributed by atoms with Crippen LogP contribution in [0.1, 0.15) is 36.2 Å². The Hall–Kier alpha value is -1.66. The first kappa shape index (κ1) is 14.3. The van der Waals surface area contributed by atoms with E-state index in [2.05, 4.69) is 10.5 Å². The minimum Gasteiger partial charge on any atom is -0.393 e. The molecule has 1 aliphatic rings. The van der Waals surface area contributed by atoms with E-state index < -0.39 is 0 Å². The van der Waals surface area contributed by atoms with Crippen LogP contribution in [0.25, 0.3) is 10.6 Å². The molecule has 1 amide bonds.